The zero-order valence-electron chi connectivity index (χ0n) is 17.1. The SMILES string of the molecule is CCC(C(=O)Nc1cc(C)ccc1C)N(c1cc([N+](=O)[O-])ccc1C)S(C)(=O)=O. The molecule has 1 unspecified atom stereocenters. The van der Waals surface area contributed by atoms with E-state index in [9.17, 15) is 23.3 Å². The van der Waals surface area contributed by atoms with E-state index in [1.165, 1.54) is 18.2 Å². The second-order valence-electron chi connectivity index (χ2n) is 7.02. The number of hydrogen-bond acceptors (Lipinski definition) is 5. The molecule has 0 radical (unpaired) electrons. The predicted octanol–water partition coefficient (Wildman–Crippen LogP) is 3.70. The van der Waals surface area contributed by atoms with Crippen molar-refractivity contribution >= 4 is 33.0 Å². The summed E-state index contributed by atoms with van der Waals surface area (Å²) >= 11 is 0. The van der Waals surface area contributed by atoms with Crippen LogP contribution in [-0.4, -0.2) is 31.5 Å². The maximum Gasteiger partial charge on any atom is 0.271 e. The fourth-order valence-corrected chi connectivity index (χ4v) is 4.33. The van der Waals surface area contributed by atoms with E-state index in [0.717, 1.165) is 21.7 Å². The van der Waals surface area contributed by atoms with Gasteiger partial charge in [-0.25, -0.2) is 8.42 Å². The number of nitro benzene ring substituents is 1. The van der Waals surface area contributed by atoms with Gasteiger partial charge >= 0.3 is 0 Å². The first-order valence-electron chi connectivity index (χ1n) is 9.08. The zero-order valence-corrected chi connectivity index (χ0v) is 17.9. The van der Waals surface area contributed by atoms with Crippen LogP contribution in [0.1, 0.15) is 30.0 Å². The lowest BCUT2D eigenvalue weighted by Gasteiger charge is -2.31. The fourth-order valence-electron chi connectivity index (χ4n) is 3.07. The summed E-state index contributed by atoms with van der Waals surface area (Å²) in [7, 11) is -3.90. The molecule has 0 bridgehead atoms. The number of amides is 1. The molecule has 29 heavy (non-hydrogen) atoms. The van der Waals surface area contributed by atoms with E-state index in [1.807, 2.05) is 32.0 Å². The number of nitrogens with zero attached hydrogens (tertiary/aromatic N) is 2. The van der Waals surface area contributed by atoms with Crippen molar-refractivity contribution in [2.45, 2.75) is 40.2 Å². The highest BCUT2D eigenvalue weighted by molar-refractivity contribution is 7.92. The van der Waals surface area contributed by atoms with Gasteiger partial charge in [-0.05, 0) is 49.9 Å². The van der Waals surface area contributed by atoms with Crippen molar-refractivity contribution in [3.8, 4) is 0 Å². The summed E-state index contributed by atoms with van der Waals surface area (Å²) in [5.74, 6) is -0.502. The van der Waals surface area contributed by atoms with Gasteiger partial charge in [0.05, 0.1) is 16.9 Å². The molecule has 8 nitrogen and oxygen atoms in total. The van der Waals surface area contributed by atoms with E-state index in [-0.39, 0.29) is 17.8 Å². The van der Waals surface area contributed by atoms with Crippen molar-refractivity contribution in [1.29, 1.82) is 0 Å². The molecular weight excluding hydrogens is 394 g/mol. The predicted molar refractivity (Wildman–Crippen MR) is 114 cm³/mol. The van der Waals surface area contributed by atoms with Gasteiger partial charge < -0.3 is 5.32 Å². The lowest BCUT2D eigenvalue weighted by atomic mass is 10.1. The maximum atomic E-state index is 13.0. The van der Waals surface area contributed by atoms with Crippen molar-refractivity contribution in [3.63, 3.8) is 0 Å². The lowest BCUT2D eigenvalue weighted by molar-refractivity contribution is -0.384. The number of sulfonamides is 1. The van der Waals surface area contributed by atoms with Gasteiger partial charge in [-0.3, -0.25) is 19.2 Å². The largest absolute Gasteiger partial charge is 0.324 e. The Labute approximate surface area is 170 Å². The first-order chi connectivity index (χ1) is 13.5. The first-order valence-corrected chi connectivity index (χ1v) is 10.9. The van der Waals surface area contributed by atoms with Crippen LogP contribution < -0.4 is 9.62 Å². The average molecular weight is 420 g/mol. The molecule has 0 aromatic heterocycles. The second kappa shape index (κ2) is 8.60. The average Bonchev–Trinajstić information content (AvgIpc) is 2.62. The monoisotopic (exact) mass is 419 g/mol. The molecule has 0 aliphatic heterocycles. The molecule has 0 saturated heterocycles. The quantitative estimate of drug-likeness (QED) is 0.543. The molecule has 0 fully saturated rings. The molecule has 0 heterocycles. The minimum absolute atomic E-state index is 0.115. The molecule has 0 aliphatic rings. The van der Waals surface area contributed by atoms with Gasteiger partial charge in [0.1, 0.15) is 6.04 Å². The van der Waals surface area contributed by atoms with Crippen LogP contribution in [0.25, 0.3) is 0 Å². The Balaban J connectivity index is 2.53. The van der Waals surface area contributed by atoms with Gasteiger partial charge in [-0.1, -0.05) is 25.1 Å². The van der Waals surface area contributed by atoms with Crippen LogP contribution in [0, 0.1) is 30.9 Å². The summed E-state index contributed by atoms with van der Waals surface area (Å²) in [6, 6.07) is 8.48. The molecule has 0 saturated carbocycles. The van der Waals surface area contributed by atoms with Gasteiger partial charge in [-0.2, -0.15) is 0 Å². The van der Waals surface area contributed by atoms with Crippen LogP contribution in [0.4, 0.5) is 17.1 Å². The molecule has 1 atom stereocenters. The lowest BCUT2D eigenvalue weighted by Crippen LogP contribution is -2.47. The van der Waals surface area contributed by atoms with E-state index in [4.69, 9.17) is 0 Å². The van der Waals surface area contributed by atoms with Gasteiger partial charge in [-0.15, -0.1) is 0 Å². The van der Waals surface area contributed by atoms with Gasteiger partial charge in [0.2, 0.25) is 15.9 Å². The number of anilines is 2. The van der Waals surface area contributed by atoms with E-state index < -0.39 is 26.9 Å². The van der Waals surface area contributed by atoms with Crippen molar-refractivity contribution < 1.29 is 18.1 Å². The van der Waals surface area contributed by atoms with Gasteiger partial charge in [0.25, 0.3) is 5.69 Å². The van der Waals surface area contributed by atoms with Crippen LogP contribution in [-0.2, 0) is 14.8 Å². The van der Waals surface area contributed by atoms with Crippen LogP contribution >= 0.6 is 0 Å². The minimum Gasteiger partial charge on any atom is -0.324 e. The summed E-state index contributed by atoms with van der Waals surface area (Å²) in [6.45, 7) is 7.07. The third kappa shape index (κ3) is 5.11. The summed E-state index contributed by atoms with van der Waals surface area (Å²) < 4.78 is 26.2. The molecule has 2 rings (SSSR count). The van der Waals surface area contributed by atoms with Crippen molar-refractivity contribution in [2.75, 3.05) is 15.9 Å². The summed E-state index contributed by atoms with van der Waals surface area (Å²) in [6.07, 6.45) is 1.17. The normalized spacial score (nSPS) is 12.3. The number of benzene rings is 2. The Morgan fingerprint density at radius 3 is 2.31 bits per heavy atom. The van der Waals surface area contributed by atoms with E-state index in [1.54, 1.807) is 13.8 Å². The van der Waals surface area contributed by atoms with Crippen LogP contribution in [0.5, 0.6) is 0 Å². The summed E-state index contributed by atoms with van der Waals surface area (Å²) in [5.41, 5.74) is 2.77. The molecule has 0 spiro atoms. The fraction of sp³-hybridized carbons (Fsp3) is 0.350. The molecular formula is C20H25N3O5S. The number of carbonyl (C=O) groups is 1. The highest BCUT2D eigenvalue weighted by atomic mass is 32.2. The number of nitro groups is 1. The molecule has 2 aromatic carbocycles. The van der Waals surface area contributed by atoms with E-state index in [2.05, 4.69) is 5.32 Å². The number of hydrogen-bond donors (Lipinski definition) is 1. The highest BCUT2D eigenvalue weighted by Crippen LogP contribution is 2.30. The number of aryl methyl sites for hydroxylation is 3. The molecule has 1 amide bonds. The second-order valence-corrected chi connectivity index (χ2v) is 8.88. The smallest absolute Gasteiger partial charge is 0.271 e. The van der Waals surface area contributed by atoms with E-state index in [0.29, 0.717) is 11.3 Å². The van der Waals surface area contributed by atoms with Crippen LogP contribution in [0.2, 0.25) is 0 Å². The van der Waals surface area contributed by atoms with Crippen molar-refractivity contribution in [3.05, 3.63) is 63.2 Å². The maximum absolute atomic E-state index is 13.0. The molecule has 2 aromatic rings. The Morgan fingerprint density at radius 1 is 1.14 bits per heavy atom. The van der Waals surface area contributed by atoms with Crippen LogP contribution in [0.15, 0.2) is 36.4 Å². The molecule has 9 heteroatoms. The highest BCUT2D eigenvalue weighted by Gasteiger charge is 2.33. The Kier molecular flexibility index (Phi) is 6.63. The van der Waals surface area contributed by atoms with Crippen molar-refractivity contribution in [2.24, 2.45) is 0 Å². The number of nitrogens with one attached hydrogen (secondary N) is 1. The summed E-state index contributed by atoms with van der Waals surface area (Å²) in [5, 5.41) is 14.0. The van der Waals surface area contributed by atoms with Gasteiger partial charge in [0.15, 0.2) is 0 Å². The molecule has 1 N–H and O–H groups in total. The zero-order chi connectivity index (χ0) is 21.9. The Hall–Kier alpha value is -2.94. The standard InChI is InChI=1S/C20H25N3O5S/c1-6-18(20(24)21-17-11-13(2)7-8-14(17)3)22(29(5,27)28)19-12-16(23(25)26)10-9-15(19)4/h7-12,18H,6H2,1-5H3,(H,21,24). The summed E-state index contributed by atoms with van der Waals surface area (Å²) in [4.78, 5) is 23.6. The third-order valence-corrected chi connectivity index (χ3v) is 5.79. The first kappa shape index (κ1) is 22.4. The Morgan fingerprint density at radius 2 is 1.76 bits per heavy atom. The molecule has 156 valence electrons. The topological polar surface area (TPSA) is 110 Å². The number of non-ortho nitro benzene ring substituents is 1. The van der Waals surface area contributed by atoms with Crippen molar-refractivity contribution in [1.82, 2.24) is 0 Å². The third-order valence-electron chi connectivity index (χ3n) is 4.62. The Bertz CT molecular complexity index is 1050. The molecule has 0 aliphatic carbocycles. The number of rotatable bonds is 7. The number of carbonyl (C=O) groups excluding carboxylic acids is 1. The van der Waals surface area contributed by atoms with E-state index >= 15 is 0 Å². The van der Waals surface area contributed by atoms with Gasteiger partial charge in [0, 0.05) is 17.8 Å². The van der Waals surface area contributed by atoms with Crippen LogP contribution in [0.3, 0.4) is 0 Å². The minimum atomic E-state index is -3.90.